The molecule has 0 aliphatic carbocycles. The van der Waals surface area contributed by atoms with Gasteiger partial charge in [0, 0.05) is 12.1 Å². The van der Waals surface area contributed by atoms with Crippen LogP contribution in [0.4, 0.5) is 5.69 Å². The zero-order valence-corrected chi connectivity index (χ0v) is 17.5. The van der Waals surface area contributed by atoms with Gasteiger partial charge in [0.1, 0.15) is 0 Å². The first-order chi connectivity index (χ1) is 13.6. The van der Waals surface area contributed by atoms with Gasteiger partial charge < -0.3 is 5.32 Å². The van der Waals surface area contributed by atoms with Crippen molar-refractivity contribution in [2.24, 2.45) is 5.10 Å². The number of thiophene rings is 1. The lowest BCUT2D eigenvalue weighted by Gasteiger charge is -2.06. The number of nitrogens with one attached hydrogen (secondary N) is 2. The van der Waals surface area contributed by atoms with Gasteiger partial charge >= 0.3 is 0 Å². The molecule has 2 amide bonds. The summed E-state index contributed by atoms with van der Waals surface area (Å²) in [6, 6.07) is 11.1. The lowest BCUT2D eigenvalue weighted by atomic mass is 10.1. The molecule has 0 radical (unpaired) electrons. The van der Waals surface area contributed by atoms with Crippen molar-refractivity contribution in [1.82, 2.24) is 5.43 Å². The van der Waals surface area contributed by atoms with Crippen molar-refractivity contribution in [2.45, 2.75) is 58.8 Å². The summed E-state index contributed by atoms with van der Waals surface area (Å²) >= 11 is 1.41. The summed E-state index contributed by atoms with van der Waals surface area (Å²) in [6.07, 6.45) is 7.45. The summed E-state index contributed by atoms with van der Waals surface area (Å²) in [5, 5.41) is 8.92. The van der Waals surface area contributed by atoms with E-state index >= 15 is 0 Å². The first-order valence-corrected chi connectivity index (χ1v) is 10.8. The second-order valence-electron chi connectivity index (χ2n) is 6.76. The van der Waals surface area contributed by atoms with Gasteiger partial charge in [-0.15, -0.1) is 11.3 Å². The molecule has 0 atom stereocenters. The normalized spacial score (nSPS) is 11.3. The highest BCUT2D eigenvalue weighted by Crippen LogP contribution is 2.14. The summed E-state index contributed by atoms with van der Waals surface area (Å²) in [7, 11) is 0. The van der Waals surface area contributed by atoms with Crippen molar-refractivity contribution < 1.29 is 9.59 Å². The van der Waals surface area contributed by atoms with Crippen LogP contribution in [0.15, 0.2) is 46.9 Å². The minimum atomic E-state index is -0.116. The molecule has 0 aliphatic rings. The molecule has 2 aromatic rings. The number of hydrogen-bond acceptors (Lipinski definition) is 4. The Kier molecular flexibility index (Phi) is 9.42. The SMILES string of the molecule is CCCCCCCCC(=O)NN=C(C)c1ccc(NC(=O)c2cccs2)cc1. The monoisotopic (exact) mass is 399 g/mol. The maximum absolute atomic E-state index is 12.1. The van der Waals surface area contributed by atoms with Crippen molar-refractivity contribution in [2.75, 3.05) is 5.32 Å². The average molecular weight is 400 g/mol. The van der Waals surface area contributed by atoms with Gasteiger partial charge in [-0.2, -0.15) is 5.10 Å². The predicted molar refractivity (Wildman–Crippen MR) is 117 cm³/mol. The molecule has 1 aromatic heterocycles. The number of hydrazone groups is 1. The molecule has 0 saturated carbocycles. The van der Waals surface area contributed by atoms with E-state index in [1.165, 1.54) is 37.0 Å². The first kappa shape index (κ1) is 21.8. The lowest BCUT2D eigenvalue weighted by molar-refractivity contribution is -0.121. The molecule has 2 rings (SSSR count). The van der Waals surface area contributed by atoms with E-state index in [9.17, 15) is 9.59 Å². The number of anilines is 1. The molecule has 1 heterocycles. The van der Waals surface area contributed by atoms with Crippen LogP contribution in [0.5, 0.6) is 0 Å². The molecule has 0 bridgehead atoms. The molecule has 1 aromatic carbocycles. The van der Waals surface area contributed by atoms with Gasteiger partial charge in [0.05, 0.1) is 10.6 Å². The molecule has 0 fully saturated rings. The molecule has 0 spiro atoms. The Hall–Kier alpha value is -2.47. The van der Waals surface area contributed by atoms with E-state index in [0.29, 0.717) is 11.3 Å². The summed E-state index contributed by atoms with van der Waals surface area (Å²) in [6.45, 7) is 4.05. The van der Waals surface area contributed by atoms with Gasteiger partial charge in [0.2, 0.25) is 5.91 Å². The third-order valence-corrected chi connectivity index (χ3v) is 5.28. The third kappa shape index (κ3) is 7.64. The van der Waals surface area contributed by atoms with E-state index in [1.54, 1.807) is 6.07 Å². The van der Waals surface area contributed by atoms with Crippen LogP contribution >= 0.6 is 11.3 Å². The standard InChI is InChI=1S/C22H29N3O2S/c1-3-4-5-6-7-8-11-21(26)25-24-17(2)18-12-14-19(15-13-18)23-22(27)20-10-9-16-28-20/h9-10,12-16H,3-8,11H2,1-2H3,(H,23,27)(H,25,26). The average Bonchev–Trinajstić information content (AvgIpc) is 3.24. The quantitative estimate of drug-likeness (QED) is 0.294. The maximum atomic E-state index is 12.1. The Bertz CT molecular complexity index is 768. The fraction of sp³-hybridized carbons (Fsp3) is 0.409. The van der Waals surface area contributed by atoms with Gasteiger partial charge in [-0.3, -0.25) is 9.59 Å². The Balaban J connectivity index is 1.76. The molecular formula is C22H29N3O2S. The Labute approximate surface area is 171 Å². The third-order valence-electron chi connectivity index (χ3n) is 4.41. The van der Waals surface area contributed by atoms with Gasteiger partial charge in [0.25, 0.3) is 5.91 Å². The van der Waals surface area contributed by atoms with Crippen molar-refractivity contribution >= 4 is 34.6 Å². The minimum absolute atomic E-state index is 0.0466. The van der Waals surface area contributed by atoms with Crippen LogP contribution in [0, 0.1) is 0 Å². The van der Waals surface area contributed by atoms with Crippen LogP contribution in [-0.2, 0) is 4.79 Å². The van der Waals surface area contributed by atoms with E-state index in [0.717, 1.165) is 29.8 Å². The van der Waals surface area contributed by atoms with E-state index in [2.05, 4.69) is 22.8 Å². The molecular weight excluding hydrogens is 370 g/mol. The topological polar surface area (TPSA) is 70.6 Å². The number of nitrogens with zero attached hydrogens (tertiary/aromatic N) is 1. The van der Waals surface area contributed by atoms with Crippen LogP contribution in [0.3, 0.4) is 0 Å². The number of hydrogen-bond donors (Lipinski definition) is 2. The highest BCUT2D eigenvalue weighted by Gasteiger charge is 2.07. The summed E-state index contributed by atoms with van der Waals surface area (Å²) in [4.78, 5) is 24.6. The summed E-state index contributed by atoms with van der Waals surface area (Å²) in [5.74, 6) is -0.162. The van der Waals surface area contributed by atoms with Crippen LogP contribution in [0.1, 0.15) is 74.0 Å². The molecule has 28 heavy (non-hydrogen) atoms. The molecule has 6 heteroatoms. The van der Waals surface area contributed by atoms with Crippen molar-refractivity contribution in [3.05, 3.63) is 52.2 Å². The second-order valence-corrected chi connectivity index (χ2v) is 7.71. The minimum Gasteiger partial charge on any atom is -0.321 e. The number of carbonyl (C=O) groups is 2. The van der Waals surface area contributed by atoms with Crippen LogP contribution in [0.2, 0.25) is 0 Å². The lowest BCUT2D eigenvalue weighted by Crippen LogP contribution is -2.18. The number of unbranched alkanes of at least 4 members (excludes halogenated alkanes) is 5. The zero-order valence-electron chi connectivity index (χ0n) is 16.7. The van der Waals surface area contributed by atoms with Gasteiger partial charge in [-0.25, -0.2) is 5.43 Å². The molecule has 0 saturated heterocycles. The van der Waals surface area contributed by atoms with Crippen LogP contribution in [0.25, 0.3) is 0 Å². The molecule has 150 valence electrons. The maximum Gasteiger partial charge on any atom is 0.265 e. The number of benzene rings is 1. The fourth-order valence-electron chi connectivity index (χ4n) is 2.73. The number of amides is 2. The van der Waals surface area contributed by atoms with Crippen LogP contribution < -0.4 is 10.7 Å². The van der Waals surface area contributed by atoms with Crippen molar-refractivity contribution in [1.29, 1.82) is 0 Å². The molecule has 0 unspecified atom stereocenters. The summed E-state index contributed by atoms with van der Waals surface area (Å²) in [5.41, 5.74) is 4.98. The van der Waals surface area contributed by atoms with Gasteiger partial charge in [0.15, 0.2) is 0 Å². The first-order valence-electron chi connectivity index (χ1n) is 9.88. The Morgan fingerprint density at radius 1 is 1.00 bits per heavy atom. The zero-order chi connectivity index (χ0) is 20.2. The van der Waals surface area contributed by atoms with E-state index in [-0.39, 0.29) is 11.8 Å². The Morgan fingerprint density at radius 2 is 1.71 bits per heavy atom. The van der Waals surface area contributed by atoms with E-state index in [4.69, 9.17) is 0 Å². The smallest absolute Gasteiger partial charge is 0.265 e. The van der Waals surface area contributed by atoms with Gasteiger partial charge in [-0.05, 0) is 42.5 Å². The number of carbonyl (C=O) groups excluding carboxylic acids is 2. The van der Waals surface area contributed by atoms with Crippen molar-refractivity contribution in [3.8, 4) is 0 Å². The largest absolute Gasteiger partial charge is 0.321 e. The fourth-order valence-corrected chi connectivity index (χ4v) is 3.35. The summed E-state index contributed by atoms with van der Waals surface area (Å²) < 4.78 is 0. The highest BCUT2D eigenvalue weighted by molar-refractivity contribution is 7.12. The number of rotatable bonds is 11. The van der Waals surface area contributed by atoms with E-state index in [1.807, 2.05) is 42.6 Å². The second kappa shape index (κ2) is 12.1. The molecule has 0 aliphatic heterocycles. The van der Waals surface area contributed by atoms with Gasteiger partial charge in [-0.1, -0.05) is 57.2 Å². The van der Waals surface area contributed by atoms with Crippen LogP contribution in [-0.4, -0.2) is 17.5 Å². The molecule has 5 nitrogen and oxygen atoms in total. The highest BCUT2D eigenvalue weighted by atomic mass is 32.1. The van der Waals surface area contributed by atoms with E-state index < -0.39 is 0 Å². The van der Waals surface area contributed by atoms with Crippen molar-refractivity contribution in [3.63, 3.8) is 0 Å². The molecule has 2 N–H and O–H groups in total. The Morgan fingerprint density at radius 3 is 2.39 bits per heavy atom. The predicted octanol–water partition coefficient (Wildman–Crippen LogP) is 5.59.